The molecule has 2 aliphatic rings. The number of ether oxygens (including phenoxy) is 1. The van der Waals surface area contributed by atoms with Gasteiger partial charge in [0.1, 0.15) is 0 Å². The van der Waals surface area contributed by atoms with Crippen LogP contribution in [0.2, 0.25) is 0 Å². The van der Waals surface area contributed by atoms with Crippen LogP contribution in [0.15, 0.2) is 0 Å². The Labute approximate surface area is 105 Å². The summed E-state index contributed by atoms with van der Waals surface area (Å²) in [6.45, 7) is 5.74. The standard InChI is InChI=1S/C12H24N2O.ClH/c1-14(10-12-5-3-7-15-12)9-11-4-2-6-13-8-11;/h11-13H,2-10H2,1H3;1H/t11?,12-;/m1./s1. The zero-order chi connectivity index (χ0) is 10.5. The number of halogens is 1. The second-order valence-electron chi connectivity index (χ2n) is 5.07. The van der Waals surface area contributed by atoms with Crippen LogP contribution in [0.5, 0.6) is 0 Å². The van der Waals surface area contributed by atoms with E-state index in [1.165, 1.54) is 45.3 Å². The zero-order valence-electron chi connectivity index (χ0n) is 10.3. The number of hydrogen-bond acceptors (Lipinski definition) is 3. The average Bonchev–Trinajstić information content (AvgIpc) is 2.71. The number of likely N-dealkylation sites (N-methyl/N-ethyl adjacent to an activating group) is 1. The first kappa shape index (κ1) is 14.2. The van der Waals surface area contributed by atoms with Gasteiger partial charge >= 0.3 is 0 Å². The van der Waals surface area contributed by atoms with Gasteiger partial charge in [-0.25, -0.2) is 0 Å². The van der Waals surface area contributed by atoms with Crippen molar-refractivity contribution in [1.82, 2.24) is 10.2 Å². The van der Waals surface area contributed by atoms with Gasteiger partial charge in [0, 0.05) is 19.7 Å². The highest BCUT2D eigenvalue weighted by Crippen LogP contribution is 2.15. The average molecular weight is 249 g/mol. The largest absolute Gasteiger partial charge is 0.377 e. The molecule has 1 unspecified atom stereocenters. The molecule has 0 aromatic carbocycles. The number of nitrogens with one attached hydrogen (secondary N) is 1. The summed E-state index contributed by atoms with van der Waals surface area (Å²) in [6.07, 6.45) is 5.75. The lowest BCUT2D eigenvalue weighted by Crippen LogP contribution is -2.39. The maximum atomic E-state index is 5.66. The second-order valence-corrected chi connectivity index (χ2v) is 5.07. The van der Waals surface area contributed by atoms with E-state index in [-0.39, 0.29) is 12.4 Å². The Morgan fingerprint density at radius 1 is 1.25 bits per heavy atom. The maximum Gasteiger partial charge on any atom is 0.0702 e. The van der Waals surface area contributed by atoms with Gasteiger partial charge in [0.25, 0.3) is 0 Å². The Balaban J connectivity index is 0.00000128. The predicted octanol–water partition coefficient (Wildman–Crippen LogP) is 1.52. The summed E-state index contributed by atoms with van der Waals surface area (Å²) in [5.41, 5.74) is 0. The Bertz CT molecular complexity index is 180. The molecule has 0 bridgehead atoms. The first-order chi connectivity index (χ1) is 7.34. The van der Waals surface area contributed by atoms with Crippen LogP contribution in [0.3, 0.4) is 0 Å². The molecule has 2 fully saturated rings. The zero-order valence-corrected chi connectivity index (χ0v) is 11.1. The topological polar surface area (TPSA) is 24.5 Å². The summed E-state index contributed by atoms with van der Waals surface area (Å²) in [5.74, 6) is 0.852. The molecule has 0 aromatic rings. The van der Waals surface area contributed by atoms with Gasteiger partial charge in [-0.15, -0.1) is 12.4 Å². The molecular weight excluding hydrogens is 224 g/mol. The van der Waals surface area contributed by atoms with Gasteiger partial charge in [-0.1, -0.05) is 0 Å². The van der Waals surface area contributed by atoms with E-state index in [2.05, 4.69) is 17.3 Å². The maximum absolute atomic E-state index is 5.66. The number of hydrogen-bond donors (Lipinski definition) is 1. The normalized spacial score (nSPS) is 30.4. The molecule has 16 heavy (non-hydrogen) atoms. The van der Waals surface area contributed by atoms with Crippen molar-refractivity contribution in [3.8, 4) is 0 Å². The van der Waals surface area contributed by atoms with Crippen molar-refractivity contribution in [2.24, 2.45) is 5.92 Å². The van der Waals surface area contributed by atoms with E-state index in [0.717, 1.165) is 19.1 Å². The van der Waals surface area contributed by atoms with Crippen LogP contribution in [-0.2, 0) is 4.74 Å². The molecule has 0 aromatic heterocycles. The minimum absolute atomic E-state index is 0. The third-order valence-corrected chi connectivity index (χ3v) is 3.51. The van der Waals surface area contributed by atoms with E-state index >= 15 is 0 Å². The van der Waals surface area contributed by atoms with E-state index < -0.39 is 0 Å². The number of piperidine rings is 1. The van der Waals surface area contributed by atoms with Crippen LogP contribution < -0.4 is 5.32 Å². The molecule has 0 amide bonds. The summed E-state index contributed by atoms with van der Waals surface area (Å²) in [7, 11) is 2.23. The van der Waals surface area contributed by atoms with Crippen molar-refractivity contribution in [3.63, 3.8) is 0 Å². The molecule has 2 saturated heterocycles. The molecule has 2 atom stereocenters. The lowest BCUT2D eigenvalue weighted by atomic mass is 9.99. The molecule has 2 heterocycles. The molecule has 3 nitrogen and oxygen atoms in total. The quantitative estimate of drug-likeness (QED) is 0.817. The van der Waals surface area contributed by atoms with E-state index in [0.29, 0.717) is 6.10 Å². The first-order valence-electron chi connectivity index (χ1n) is 6.35. The third kappa shape index (κ3) is 4.58. The van der Waals surface area contributed by atoms with Crippen molar-refractivity contribution >= 4 is 12.4 Å². The fourth-order valence-corrected chi connectivity index (χ4v) is 2.73. The summed E-state index contributed by atoms with van der Waals surface area (Å²) in [4.78, 5) is 2.45. The van der Waals surface area contributed by atoms with Gasteiger partial charge in [0.05, 0.1) is 6.10 Å². The highest BCUT2D eigenvalue weighted by molar-refractivity contribution is 5.85. The summed E-state index contributed by atoms with van der Waals surface area (Å²) in [5, 5.41) is 3.48. The lowest BCUT2D eigenvalue weighted by Gasteiger charge is -2.28. The Morgan fingerprint density at radius 2 is 2.12 bits per heavy atom. The fraction of sp³-hybridized carbons (Fsp3) is 1.00. The number of nitrogens with zero attached hydrogens (tertiary/aromatic N) is 1. The van der Waals surface area contributed by atoms with Gasteiger partial charge in [0.15, 0.2) is 0 Å². The molecule has 2 rings (SSSR count). The third-order valence-electron chi connectivity index (χ3n) is 3.51. The summed E-state index contributed by atoms with van der Waals surface area (Å²) in [6, 6.07) is 0. The fourth-order valence-electron chi connectivity index (χ4n) is 2.73. The molecule has 0 radical (unpaired) electrons. The highest BCUT2D eigenvalue weighted by atomic mass is 35.5. The van der Waals surface area contributed by atoms with Crippen LogP contribution in [0.25, 0.3) is 0 Å². The molecule has 0 spiro atoms. The van der Waals surface area contributed by atoms with E-state index in [4.69, 9.17) is 4.74 Å². The lowest BCUT2D eigenvalue weighted by molar-refractivity contribution is 0.0751. The van der Waals surface area contributed by atoms with Crippen molar-refractivity contribution < 1.29 is 4.74 Å². The Kier molecular flexibility index (Phi) is 6.66. The summed E-state index contributed by atoms with van der Waals surface area (Å²) >= 11 is 0. The minimum Gasteiger partial charge on any atom is -0.377 e. The SMILES string of the molecule is CN(CC1CCCNC1)C[C@H]1CCCO1.Cl. The van der Waals surface area contributed by atoms with Gasteiger partial charge in [-0.2, -0.15) is 0 Å². The van der Waals surface area contributed by atoms with E-state index in [1.54, 1.807) is 0 Å². The monoisotopic (exact) mass is 248 g/mol. The predicted molar refractivity (Wildman–Crippen MR) is 69.3 cm³/mol. The van der Waals surface area contributed by atoms with E-state index in [1.807, 2.05) is 0 Å². The van der Waals surface area contributed by atoms with Crippen LogP contribution in [0, 0.1) is 5.92 Å². The van der Waals surface area contributed by atoms with Crippen LogP contribution in [0.4, 0.5) is 0 Å². The molecule has 2 aliphatic heterocycles. The van der Waals surface area contributed by atoms with Crippen LogP contribution in [-0.4, -0.2) is 50.8 Å². The first-order valence-corrected chi connectivity index (χ1v) is 6.35. The Morgan fingerprint density at radius 3 is 2.75 bits per heavy atom. The van der Waals surface area contributed by atoms with Gasteiger partial charge in [-0.05, 0) is 51.7 Å². The smallest absolute Gasteiger partial charge is 0.0702 e. The highest BCUT2D eigenvalue weighted by Gasteiger charge is 2.20. The molecule has 1 N–H and O–H groups in total. The molecule has 4 heteroatoms. The van der Waals surface area contributed by atoms with Crippen molar-refractivity contribution in [1.29, 1.82) is 0 Å². The minimum atomic E-state index is 0. The molecule has 0 aliphatic carbocycles. The van der Waals surface area contributed by atoms with Crippen LogP contribution >= 0.6 is 12.4 Å². The van der Waals surface area contributed by atoms with Crippen molar-refractivity contribution in [3.05, 3.63) is 0 Å². The summed E-state index contributed by atoms with van der Waals surface area (Å²) < 4.78 is 5.66. The van der Waals surface area contributed by atoms with Crippen molar-refractivity contribution in [2.75, 3.05) is 39.8 Å². The van der Waals surface area contributed by atoms with Gasteiger partial charge in [-0.3, -0.25) is 0 Å². The Hall–Kier alpha value is 0.170. The second kappa shape index (κ2) is 7.49. The van der Waals surface area contributed by atoms with E-state index in [9.17, 15) is 0 Å². The van der Waals surface area contributed by atoms with Gasteiger partial charge in [0.2, 0.25) is 0 Å². The molecule has 0 saturated carbocycles. The number of rotatable bonds is 4. The van der Waals surface area contributed by atoms with Crippen LogP contribution in [0.1, 0.15) is 25.7 Å². The molecule has 96 valence electrons. The van der Waals surface area contributed by atoms with Gasteiger partial charge < -0.3 is 15.0 Å². The van der Waals surface area contributed by atoms with Crippen molar-refractivity contribution in [2.45, 2.75) is 31.8 Å². The molecular formula is C12H25ClN2O.